The smallest absolute Gasteiger partial charge is 0.375 e. The fourth-order valence-electron chi connectivity index (χ4n) is 3.98. The van der Waals surface area contributed by atoms with Crippen LogP contribution in [-0.2, 0) is 12.1 Å². The molecule has 5 aromatic rings. The van der Waals surface area contributed by atoms with E-state index >= 15 is 0 Å². The van der Waals surface area contributed by atoms with Gasteiger partial charge in [-0.2, -0.15) is 18.3 Å². The summed E-state index contributed by atoms with van der Waals surface area (Å²) in [5, 5.41) is 16.7. The van der Waals surface area contributed by atoms with Crippen molar-refractivity contribution in [2.75, 3.05) is 0 Å². The molecule has 0 radical (unpaired) electrons. The van der Waals surface area contributed by atoms with Crippen LogP contribution in [0.1, 0.15) is 5.56 Å². The highest BCUT2D eigenvalue weighted by Gasteiger charge is 2.55. The lowest BCUT2D eigenvalue weighted by Gasteiger charge is -2.32. The van der Waals surface area contributed by atoms with Crippen molar-refractivity contribution in [2.24, 2.45) is 0 Å². The molecular weight excluding hydrogens is 458 g/mol. The van der Waals surface area contributed by atoms with Gasteiger partial charge in [0.1, 0.15) is 5.82 Å². The molecule has 0 spiro atoms. The van der Waals surface area contributed by atoms with Crippen LogP contribution in [-0.4, -0.2) is 25.6 Å². The second-order valence-corrected chi connectivity index (χ2v) is 8.25. The van der Waals surface area contributed by atoms with Gasteiger partial charge in [0.05, 0.1) is 23.9 Å². The first-order valence-electron chi connectivity index (χ1n) is 9.93. The maximum absolute atomic E-state index is 14.2. The Labute approximate surface area is 190 Å². The number of benzene rings is 3. The van der Waals surface area contributed by atoms with E-state index in [1.54, 1.807) is 24.3 Å². The van der Waals surface area contributed by atoms with E-state index in [1.807, 2.05) is 0 Å². The third kappa shape index (κ3) is 3.65. The summed E-state index contributed by atoms with van der Waals surface area (Å²) in [4.78, 5) is 0. The molecule has 0 bridgehead atoms. The zero-order chi connectivity index (χ0) is 23.4. The summed E-state index contributed by atoms with van der Waals surface area (Å²) in [6.07, 6.45) is -2.05. The number of hydrogen-bond acceptors (Lipinski definition) is 2. The number of rotatable bonds is 4. The molecule has 4 nitrogen and oxygen atoms in total. The van der Waals surface area contributed by atoms with E-state index in [0.717, 1.165) is 0 Å². The standard InChI is InChI=1S/C24H16ClF4N3O/c25-18-2-8-21-15(12-18)9-10-31(21)14-23(33,24(27,28)29)17-1-7-22-16(11-17)13-30-32(22)20-5-3-19(26)4-6-20/h1-13,33H,14H2. The second-order valence-electron chi connectivity index (χ2n) is 7.81. The van der Waals surface area contributed by atoms with Crippen molar-refractivity contribution in [3.05, 3.63) is 95.5 Å². The van der Waals surface area contributed by atoms with Crippen molar-refractivity contribution in [1.82, 2.24) is 14.3 Å². The number of aliphatic hydroxyl groups is 1. The molecule has 0 fully saturated rings. The molecule has 168 valence electrons. The predicted octanol–water partition coefficient (Wildman–Crippen LogP) is 6.22. The Morgan fingerprint density at radius 1 is 0.879 bits per heavy atom. The third-order valence-corrected chi connectivity index (χ3v) is 5.95. The second kappa shape index (κ2) is 7.60. The van der Waals surface area contributed by atoms with Crippen LogP contribution in [0.2, 0.25) is 5.02 Å². The summed E-state index contributed by atoms with van der Waals surface area (Å²) in [7, 11) is 0. The first-order valence-corrected chi connectivity index (χ1v) is 10.3. The maximum Gasteiger partial charge on any atom is 0.423 e. The minimum Gasteiger partial charge on any atom is -0.375 e. The Kier molecular flexibility index (Phi) is 4.95. The molecular formula is C24H16ClF4N3O. The van der Waals surface area contributed by atoms with Crippen molar-refractivity contribution in [1.29, 1.82) is 0 Å². The van der Waals surface area contributed by atoms with Crippen LogP contribution in [0.25, 0.3) is 27.5 Å². The topological polar surface area (TPSA) is 43.0 Å². The summed E-state index contributed by atoms with van der Waals surface area (Å²) in [5.74, 6) is -0.410. The summed E-state index contributed by atoms with van der Waals surface area (Å²) in [6.45, 7) is -0.737. The van der Waals surface area contributed by atoms with Gasteiger partial charge in [-0.15, -0.1) is 0 Å². The van der Waals surface area contributed by atoms with E-state index in [0.29, 0.717) is 32.5 Å². The summed E-state index contributed by atoms with van der Waals surface area (Å²) >= 11 is 5.97. The fraction of sp³-hybridized carbons (Fsp3) is 0.125. The van der Waals surface area contributed by atoms with Crippen molar-refractivity contribution in [3.63, 3.8) is 0 Å². The molecule has 0 aliphatic heterocycles. The third-order valence-electron chi connectivity index (χ3n) is 5.72. The molecule has 0 amide bonds. The van der Waals surface area contributed by atoms with Crippen LogP contribution >= 0.6 is 11.6 Å². The van der Waals surface area contributed by atoms with E-state index in [2.05, 4.69) is 5.10 Å². The summed E-state index contributed by atoms with van der Waals surface area (Å²) < 4.78 is 58.7. The Bertz CT molecular complexity index is 1470. The van der Waals surface area contributed by atoms with E-state index in [4.69, 9.17) is 11.6 Å². The molecule has 33 heavy (non-hydrogen) atoms. The number of alkyl halides is 3. The van der Waals surface area contributed by atoms with Crippen LogP contribution in [0, 0.1) is 5.82 Å². The van der Waals surface area contributed by atoms with Crippen molar-refractivity contribution >= 4 is 33.4 Å². The van der Waals surface area contributed by atoms with Crippen LogP contribution in [0.3, 0.4) is 0 Å². The van der Waals surface area contributed by atoms with E-state index < -0.39 is 24.1 Å². The number of aromatic nitrogens is 3. The van der Waals surface area contributed by atoms with Gasteiger partial charge in [-0.1, -0.05) is 17.7 Å². The monoisotopic (exact) mass is 473 g/mol. The van der Waals surface area contributed by atoms with E-state index in [9.17, 15) is 22.7 Å². The summed E-state index contributed by atoms with van der Waals surface area (Å²) in [5.41, 5.74) is -1.85. The molecule has 0 aliphatic rings. The maximum atomic E-state index is 14.2. The average Bonchev–Trinajstić information content (AvgIpc) is 3.37. The van der Waals surface area contributed by atoms with E-state index in [-0.39, 0.29) is 5.56 Å². The SMILES string of the molecule is OC(Cn1ccc2cc(Cl)ccc21)(c1ccc2c(cnn2-c2ccc(F)cc2)c1)C(F)(F)F. The van der Waals surface area contributed by atoms with Gasteiger partial charge in [-0.3, -0.25) is 0 Å². The molecule has 1 atom stereocenters. The van der Waals surface area contributed by atoms with Gasteiger partial charge in [0.2, 0.25) is 5.60 Å². The Balaban J connectivity index is 1.58. The molecule has 1 unspecified atom stereocenters. The van der Waals surface area contributed by atoms with Gasteiger partial charge in [-0.05, 0) is 66.2 Å². The molecule has 2 heterocycles. The zero-order valence-electron chi connectivity index (χ0n) is 16.9. The van der Waals surface area contributed by atoms with Crippen molar-refractivity contribution in [2.45, 2.75) is 18.3 Å². The number of halogens is 5. The fourth-order valence-corrected chi connectivity index (χ4v) is 4.16. The van der Waals surface area contributed by atoms with Crippen LogP contribution in [0.15, 0.2) is 79.1 Å². The van der Waals surface area contributed by atoms with Crippen LogP contribution < -0.4 is 0 Å². The van der Waals surface area contributed by atoms with Crippen molar-refractivity contribution < 1.29 is 22.7 Å². The first-order chi connectivity index (χ1) is 15.7. The normalized spacial score (nSPS) is 14.1. The molecule has 0 aliphatic carbocycles. The highest BCUT2D eigenvalue weighted by Crippen LogP contribution is 2.42. The van der Waals surface area contributed by atoms with Gasteiger partial charge in [0.25, 0.3) is 0 Å². The van der Waals surface area contributed by atoms with Crippen LogP contribution in [0.4, 0.5) is 17.6 Å². The molecule has 0 saturated carbocycles. The Morgan fingerprint density at radius 2 is 1.61 bits per heavy atom. The lowest BCUT2D eigenvalue weighted by atomic mass is 9.91. The number of nitrogens with zero attached hydrogens (tertiary/aromatic N) is 3. The van der Waals surface area contributed by atoms with E-state index in [1.165, 1.54) is 64.1 Å². The molecule has 9 heteroatoms. The highest BCUT2D eigenvalue weighted by atomic mass is 35.5. The van der Waals surface area contributed by atoms with Gasteiger partial charge in [0, 0.05) is 27.5 Å². The number of fused-ring (bicyclic) bond motifs is 2. The summed E-state index contributed by atoms with van der Waals surface area (Å²) in [6, 6.07) is 16.1. The average molecular weight is 474 g/mol. The first kappa shape index (κ1) is 21.5. The van der Waals surface area contributed by atoms with Gasteiger partial charge >= 0.3 is 6.18 Å². The Morgan fingerprint density at radius 3 is 2.33 bits per heavy atom. The van der Waals surface area contributed by atoms with Crippen molar-refractivity contribution in [3.8, 4) is 5.69 Å². The largest absolute Gasteiger partial charge is 0.423 e. The molecule has 3 aromatic carbocycles. The highest BCUT2D eigenvalue weighted by molar-refractivity contribution is 6.31. The minimum absolute atomic E-state index is 0.308. The minimum atomic E-state index is -4.95. The van der Waals surface area contributed by atoms with Gasteiger partial charge in [-0.25, -0.2) is 9.07 Å². The van der Waals surface area contributed by atoms with Crippen LogP contribution in [0.5, 0.6) is 0 Å². The predicted molar refractivity (Wildman–Crippen MR) is 118 cm³/mol. The molecule has 0 saturated heterocycles. The molecule has 1 N–H and O–H groups in total. The molecule has 5 rings (SSSR count). The van der Waals surface area contributed by atoms with Gasteiger partial charge in [0.15, 0.2) is 0 Å². The Hall–Kier alpha value is -3.36. The lowest BCUT2D eigenvalue weighted by Crippen LogP contribution is -2.45. The zero-order valence-corrected chi connectivity index (χ0v) is 17.6. The lowest BCUT2D eigenvalue weighted by molar-refractivity contribution is -0.271. The quantitative estimate of drug-likeness (QED) is 0.315. The van der Waals surface area contributed by atoms with Gasteiger partial charge < -0.3 is 9.67 Å². The number of hydrogen-bond donors (Lipinski definition) is 1. The molecule has 2 aromatic heterocycles.